The van der Waals surface area contributed by atoms with Crippen LogP contribution in [0, 0.1) is 21.7 Å². The summed E-state index contributed by atoms with van der Waals surface area (Å²) in [5.41, 5.74) is 2.75. The lowest BCUT2D eigenvalue weighted by atomic mass is 9.78. The quantitative estimate of drug-likeness (QED) is 0.323. The maximum atomic E-state index is 2.38. The van der Waals surface area contributed by atoms with E-state index < -0.39 is 0 Å². The Morgan fingerprint density at radius 1 is 0.235 bits per heavy atom. The van der Waals surface area contributed by atoms with Gasteiger partial charge in [-0.15, -0.1) is 0 Å². The Kier molecular flexibility index (Phi) is 20.4. The van der Waals surface area contributed by atoms with Gasteiger partial charge >= 0.3 is 0 Å². The van der Waals surface area contributed by atoms with E-state index in [-0.39, 0.29) is 0 Å². The third kappa shape index (κ3) is 21.3. The Morgan fingerprint density at radius 3 is 0.412 bits per heavy atom. The van der Waals surface area contributed by atoms with Crippen molar-refractivity contribution in [2.45, 2.75) is 199 Å². The maximum absolute atomic E-state index is 2.38. The second-order valence-electron chi connectivity index (χ2n) is 14.2. The molecular formula is C34H72. The molecule has 0 heteroatoms. The smallest absolute Gasteiger partial charge is 0.0354 e. The Hall–Kier alpha value is 0. The second-order valence-corrected chi connectivity index (χ2v) is 14.2. The van der Waals surface area contributed by atoms with Crippen molar-refractivity contribution < 1.29 is 0 Å². The first kappa shape index (κ1) is 36.2. The lowest BCUT2D eigenvalue weighted by Gasteiger charge is -2.28. The van der Waals surface area contributed by atoms with Gasteiger partial charge in [0, 0.05) is 0 Å². The highest BCUT2D eigenvalue weighted by Gasteiger charge is 2.23. The van der Waals surface area contributed by atoms with E-state index in [1.165, 1.54) is 116 Å². The fraction of sp³-hybridized carbons (Fsp3) is 1.00. The summed E-state index contributed by atoms with van der Waals surface area (Å²) in [4.78, 5) is 0. The summed E-state index contributed by atoms with van der Waals surface area (Å²) in [5, 5.41) is 0. The van der Waals surface area contributed by atoms with Crippen molar-refractivity contribution in [2.75, 3.05) is 0 Å². The zero-order valence-corrected chi connectivity index (χ0v) is 26.7. The summed E-state index contributed by atoms with van der Waals surface area (Å²) in [7, 11) is 0. The summed E-state index contributed by atoms with van der Waals surface area (Å²) in [6.07, 6.45) is 26.3. The van der Waals surface area contributed by atoms with Crippen molar-refractivity contribution in [3.63, 3.8) is 0 Å². The van der Waals surface area contributed by atoms with E-state index in [0.29, 0.717) is 21.7 Å². The predicted octanol–water partition coefficient (Wildman–Crippen LogP) is 13.2. The Labute approximate surface area is 220 Å². The van der Waals surface area contributed by atoms with Crippen LogP contribution in [0.25, 0.3) is 0 Å². The second kappa shape index (κ2) is 19.2. The summed E-state index contributed by atoms with van der Waals surface area (Å²) in [6, 6.07) is 0. The molecule has 0 N–H and O–H groups in total. The van der Waals surface area contributed by atoms with Crippen LogP contribution in [0.15, 0.2) is 0 Å². The minimum atomic E-state index is 0.679. The topological polar surface area (TPSA) is 0 Å². The van der Waals surface area contributed by atoms with Crippen LogP contribution in [0.2, 0.25) is 0 Å². The van der Waals surface area contributed by atoms with E-state index in [2.05, 4.69) is 55.4 Å². The average Bonchev–Trinajstić information content (AvgIpc) is 3.38. The molecule has 0 saturated heterocycles. The first-order chi connectivity index (χ1) is 15.8. The van der Waals surface area contributed by atoms with Gasteiger partial charge in [-0.05, 0) is 73.0 Å². The SMILES string of the molecule is CC.CC.CC1(C)CCCC1.CC1(C)CCCC1.CC1(C)CCCCC1.CC1(C)CCCCC1. The molecule has 208 valence electrons. The Bertz CT molecular complexity index is 363. The van der Waals surface area contributed by atoms with Crippen molar-refractivity contribution in [1.29, 1.82) is 0 Å². The van der Waals surface area contributed by atoms with Crippen LogP contribution < -0.4 is 0 Å². The third-order valence-electron chi connectivity index (χ3n) is 8.33. The van der Waals surface area contributed by atoms with Crippen molar-refractivity contribution in [2.24, 2.45) is 21.7 Å². The molecule has 4 aliphatic rings. The largest absolute Gasteiger partial charge is 0.0683 e. The summed E-state index contributed by atoms with van der Waals surface area (Å²) >= 11 is 0. The van der Waals surface area contributed by atoms with E-state index in [9.17, 15) is 0 Å². The molecule has 0 radical (unpaired) electrons. The first-order valence-electron chi connectivity index (χ1n) is 15.8. The molecule has 0 aliphatic heterocycles. The fourth-order valence-corrected chi connectivity index (χ4v) is 5.68. The molecule has 0 heterocycles. The molecule has 0 bridgehead atoms. The number of hydrogen-bond acceptors (Lipinski definition) is 0. The zero-order valence-electron chi connectivity index (χ0n) is 26.7. The van der Waals surface area contributed by atoms with Gasteiger partial charge in [0.2, 0.25) is 0 Å². The summed E-state index contributed by atoms with van der Waals surface area (Å²) < 4.78 is 0. The van der Waals surface area contributed by atoms with E-state index >= 15 is 0 Å². The molecule has 4 fully saturated rings. The van der Waals surface area contributed by atoms with E-state index in [1.807, 2.05) is 27.7 Å². The number of rotatable bonds is 0. The molecule has 0 unspecified atom stereocenters. The van der Waals surface area contributed by atoms with Crippen LogP contribution in [0.3, 0.4) is 0 Å². The highest BCUT2D eigenvalue weighted by atomic mass is 14.3. The third-order valence-corrected chi connectivity index (χ3v) is 8.33. The van der Waals surface area contributed by atoms with Gasteiger partial charge in [0.15, 0.2) is 0 Å². The molecule has 0 aromatic carbocycles. The van der Waals surface area contributed by atoms with Gasteiger partial charge < -0.3 is 0 Å². The fourth-order valence-electron chi connectivity index (χ4n) is 5.68. The van der Waals surface area contributed by atoms with E-state index in [4.69, 9.17) is 0 Å². The molecule has 4 aliphatic carbocycles. The molecule has 0 spiro atoms. The van der Waals surface area contributed by atoms with Crippen LogP contribution in [0.4, 0.5) is 0 Å². The van der Waals surface area contributed by atoms with E-state index in [1.54, 1.807) is 0 Å². The molecule has 4 saturated carbocycles. The lowest BCUT2D eigenvalue weighted by Crippen LogP contribution is -2.14. The molecule has 0 atom stereocenters. The van der Waals surface area contributed by atoms with E-state index in [0.717, 1.165) is 0 Å². The first-order valence-corrected chi connectivity index (χ1v) is 15.8. The zero-order chi connectivity index (χ0) is 26.7. The van der Waals surface area contributed by atoms with Crippen LogP contribution >= 0.6 is 0 Å². The van der Waals surface area contributed by atoms with Crippen LogP contribution in [-0.2, 0) is 0 Å². The highest BCUT2D eigenvalue weighted by molar-refractivity contribution is 4.75. The van der Waals surface area contributed by atoms with Crippen molar-refractivity contribution >= 4 is 0 Å². The minimum Gasteiger partial charge on any atom is -0.0683 e. The normalized spacial score (nSPS) is 25.1. The molecule has 4 rings (SSSR count). The van der Waals surface area contributed by atoms with Gasteiger partial charge in [-0.1, -0.05) is 147 Å². The van der Waals surface area contributed by atoms with Crippen molar-refractivity contribution in [1.82, 2.24) is 0 Å². The van der Waals surface area contributed by atoms with Gasteiger partial charge in [-0.2, -0.15) is 0 Å². The monoisotopic (exact) mass is 481 g/mol. The summed E-state index contributed by atoms with van der Waals surface area (Å²) in [5.74, 6) is 0. The summed E-state index contributed by atoms with van der Waals surface area (Å²) in [6.45, 7) is 27.0. The number of hydrogen-bond donors (Lipinski definition) is 0. The van der Waals surface area contributed by atoms with Crippen LogP contribution in [0.1, 0.15) is 199 Å². The molecular weight excluding hydrogens is 408 g/mol. The minimum absolute atomic E-state index is 0.679. The van der Waals surface area contributed by atoms with Crippen molar-refractivity contribution in [3.05, 3.63) is 0 Å². The standard InChI is InChI=1S/2C8H16.2C7H14.2C2H6/c2*1-8(2)6-4-3-5-7-8;2*1-7(2)5-3-4-6-7;2*1-2/h2*3-7H2,1-2H3;2*3-6H2,1-2H3;2*1-2H3. The average molecular weight is 481 g/mol. The Morgan fingerprint density at radius 2 is 0.353 bits per heavy atom. The maximum Gasteiger partial charge on any atom is -0.0354 e. The van der Waals surface area contributed by atoms with Gasteiger partial charge in [0.05, 0.1) is 0 Å². The molecule has 0 amide bonds. The Balaban J connectivity index is 0. The molecule has 0 nitrogen and oxygen atoms in total. The highest BCUT2D eigenvalue weighted by Crippen LogP contribution is 2.37. The molecule has 0 aromatic heterocycles. The van der Waals surface area contributed by atoms with Gasteiger partial charge in [0.25, 0.3) is 0 Å². The van der Waals surface area contributed by atoms with Gasteiger partial charge in [0.1, 0.15) is 0 Å². The molecule has 0 aromatic rings. The van der Waals surface area contributed by atoms with Gasteiger partial charge in [-0.25, -0.2) is 0 Å². The van der Waals surface area contributed by atoms with Gasteiger partial charge in [-0.3, -0.25) is 0 Å². The van der Waals surface area contributed by atoms with Crippen LogP contribution in [0.5, 0.6) is 0 Å². The molecule has 34 heavy (non-hydrogen) atoms. The van der Waals surface area contributed by atoms with Crippen LogP contribution in [-0.4, -0.2) is 0 Å². The lowest BCUT2D eigenvalue weighted by molar-refractivity contribution is 0.244. The predicted molar refractivity (Wildman–Crippen MR) is 161 cm³/mol. The van der Waals surface area contributed by atoms with Crippen molar-refractivity contribution in [3.8, 4) is 0 Å².